The molecule has 122 valence electrons. The molecule has 0 amide bonds. The van der Waals surface area contributed by atoms with Gasteiger partial charge in [-0.15, -0.1) is 0 Å². The number of benzene rings is 1. The summed E-state index contributed by atoms with van der Waals surface area (Å²) in [6.45, 7) is 7.41. The van der Waals surface area contributed by atoms with Gasteiger partial charge in [0.25, 0.3) is 10.0 Å². The molecule has 0 aliphatic heterocycles. The molecular formula is C15H18N4O2S2. The quantitative estimate of drug-likeness (QED) is 0.787. The predicted octanol–water partition coefficient (Wildman–Crippen LogP) is 3.06. The number of hydrogen-bond donors (Lipinski definition) is 1. The molecule has 1 aromatic carbocycles. The zero-order chi connectivity index (χ0) is 16.9. The Morgan fingerprint density at radius 2 is 1.87 bits per heavy atom. The summed E-state index contributed by atoms with van der Waals surface area (Å²) in [5.74, 6) is 0. The summed E-state index contributed by atoms with van der Waals surface area (Å²) < 4.78 is 30.5. The minimum Gasteiger partial charge on any atom is -0.271 e. The van der Waals surface area contributed by atoms with Crippen LogP contribution in [0.4, 0.5) is 5.13 Å². The topological polar surface area (TPSA) is 76.9 Å². The van der Waals surface area contributed by atoms with Crippen LogP contribution in [0.2, 0.25) is 0 Å². The number of sulfonamides is 1. The van der Waals surface area contributed by atoms with Crippen molar-refractivity contribution >= 4 is 36.7 Å². The van der Waals surface area contributed by atoms with Crippen LogP contribution < -0.4 is 4.72 Å². The second kappa shape index (κ2) is 5.31. The molecule has 0 bridgehead atoms. The molecule has 8 heteroatoms. The van der Waals surface area contributed by atoms with Crippen molar-refractivity contribution in [3.8, 4) is 0 Å². The zero-order valence-corrected chi connectivity index (χ0v) is 15.3. The van der Waals surface area contributed by atoms with Gasteiger partial charge in [0.1, 0.15) is 4.90 Å². The van der Waals surface area contributed by atoms with Crippen molar-refractivity contribution in [1.82, 2.24) is 14.8 Å². The van der Waals surface area contributed by atoms with Gasteiger partial charge in [-0.3, -0.25) is 9.40 Å². The normalized spacial score (nSPS) is 12.0. The fourth-order valence-electron chi connectivity index (χ4n) is 2.72. The van der Waals surface area contributed by atoms with E-state index in [0.717, 1.165) is 21.3 Å². The first-order chi connectivity index (χ1) is 10.7. The Labute approximate surface area is 139 Å². The molecule has 0 spiro atoms. The Kier molecular flexibility index (Phi) is 3.68. The van der Waals surface area contributed by atoms with E-state index in [4.69, 9.17) is 0 Å². The van der Waals surface area contributed by atoms with E-state index in [1.807, 2.05) is 26.0 Å². The summed E-state index contributed by atoms with van der Waals surface area (Å²) in [6, 6.07) is 4.05. The highest BCUT2D eigenvalue weighted by molar-refractivity contribution is 7.93. The molecule has 3 rings (SSSR count). The standard InChI is InChI=1S/C15H18N4O2S2/c1-8-6-9(2)13-12(7-8)22-15(16-13)18-23(20,21)14-10(3)17-19(5)11(14)4/h6-7H,1-5H3,(H,16,18). The van der Waals surface area contributed by atoms with Crippen molar-refractivity contribution in [2.75, 3.05) is 4.72 Å². The molecule has 23 heavy (non-hydrogen) atoms. The molecule has 0 unspecified atom stereocenters. The lowest BCUT2D eigenvalue weighted by molar-refractivity contribution is 0.599. The Hall–Kier alpha value is -1.93. The maximum Gasteiger partial charge on any atom is 0.267 e. The Morgan fingerprint density at radius 3 is 2.48 bits per heavy atom. The van der Waals surface area contributed by atoms with Gasteiger partial charge in [0, 0.05) is 7.05 Å². The third kappa shape index (κ3) is 2.72. The second-order valence-electron chi connectivity index (χ2n) is 5.68. The first kappa shape index (κ1) is 15.9. The van der Waals surface area contributed by atoms with Gasteiger partial charge in [0.2, 0.25) is 0 Å². The van der Waals surface area contributed by atoms with Gasteiger partial charge in [-0.2, -0.15) is 5.10 Å². The van der Waals surface area contributed by atoms with Gasteiger partial charge >= 0.3 is 0 Å². The second-order valence-corrected chi connectivity index (χ2v) is 8.33. The first-order valence-electron chi connectivity index (χ1n) is 7.10. The van der Waals surface area contributed by atoms with E-state index in [1.165, 1.54) is 11.3 Å². The van der Waals surface area contributed by atoms with Crippen molar-refractivity contribution in [1.29, 1.82) is 0 Å². The summed E-state index contributed by atoms with van der Waals surface area (Å²) in [5.41, 5.74) is 4.08. The SMILES string of the molecule is Cc1cc(C)c2nc(NS(=O)(=O)c3c(C)nn(C)c3C)sc2c1. The number of aromatic nitrogens is 3. The molecular weight excluding hydrogens is 332 g/mol. The van der Waals surface area contributed by atoms with E-state index in [1.54, 1.807) is 25.6 Å². The van der Waals surface area contributed by atoms with E-state index in [-0.39, 0.29) is 4.90 Å². The number of rotatable bonds is 3. The van der Waals surface area contributed by atoms with Crippen LogP contribution in [0.25, 0.3) is 10.2 Å². The van der Waals surface area contributed by atoms with Crippen molar-refractivity contribution in [3.05, 3.63) is 34.6 Å². The first-order valence-corrected chi connectivity index (χ1v) is 9.40. The average molecular weight is 350 g/mol. The summed E-state index contributed by atoms with van der Waals surface area (Å²) in [4.78, 5) is 4.65. The maximum atomic E-state index is 12.7. The van der Waals surface area contributed by atoms with Crippen LogP contribution in [-0.2, 0) is 17.1 Å². The largest absolute Gasteiger partial charge is 0.271 e. The summed E-state index contributed by atoms with van der Waals surface area (Å²) in [6.07, 6.45) is 0. The number of hydrogen-bond acceptors (Lipinski definition) is 5. The molecule has 0 aliphatic rings. The lowest BCUT2D eigenvalue weighted by Crippen LogP contribution is -2.14. The molecule has 3 aromatic rings. The molecule has 1 N–H and O–H groups in total. The maximum absolute atomic E-state index is 12.7. The minimum absolute atomic E-state index is 0.215. The summed E-state index contributed by atoms with van der Waals surface area (Å²) in [5, 5.41) is 4.54. The van der Waals surface area contributed by atoms with Crippen LogP contribution in [0.5, 0.6) is 0 Å². The van der Waals surface area contributed by atoms with Crippen molar-refractivity contribution in [3.63, 3.8) is 0 Å². The molecule has 0 fully saturated rings. The Bertz CT molecular complexity index is 1020. The van der Waals surface area contributed by atoms with E-state index >= 15 is 0 Å². The highest BCUT2D eigenvalue weighted by atomic mass is 32.2. The van der Waals surface area contributed by atoms with E-state index in [0.29, 0.717) is 16.5 Å². The number of thiazole rings is 1. The van der Waals surface area contributed by atoms with Crippen LogP contribution in [0.1, 0.15) is 22.5 Å². The Balaban J connectivity index is 2.06. The third-order valence-corrected chi connectivity index (χ3v) is 6.40. The smallest absolute Gasteiger partial charge is 0.267 e. The highest BCUT2D eigenvalue weighted by Gasteiger charge is 2.25. The molecule has 2 heterocycles. The lowest BCUT2D eigenvalue weighted by atomic mass is 10.1. The monoisotopic (exact) mass is 350 g/mol. The molecule has 0 radical (unpaired) electrons. The average Bonchev–Trinajstić information content (AvgIpc) is 2.90. The predicted molar refractivity (Wildman–Crippen MR) is 92.6 cm³/mol. The van der Waals surface area contributed by atoms with Crippen LogP contribution in [0.15, 0.2) is 17.0 Å². The molecule has 0 saturated carbocycles. The summed E-state index contributed by atoms with van der Waals surface area (Å²) >= 11 is 1.34. The van der Waals surface area contributed by atoms with E-state index in [9.17, 15) is 8.42 Å². The fraction of sp³-hybridized carbons (Fsp3) is 0.333. The third-order valence-electron chi connectivity index (χ3n) is 3.76. The van der Waals surface area contributed by atoms with Crippen molar-refractivity contribution in [2.24, 2.45) is 7.05 Å². The van der Waals surface area contributed by atoms with Crippen molar-refractivity contribution in [2.45, 2.75) is 32.6 Å². The minimum atomic E-state index is -3.71. The summed E-state index contributed by atoms with van der Waals surface area (Å²) in [7, 11) is -1.98. The number of nitrogens with zero attached hydrogens (tertiary/aromatic N) is 3. The van der Waals surface area contributed by atoms with Crippen LogP contribution in [0, 0.1) is 27.7 Å². The van der Waals surface area contributed by atoms with Gasteiger partial charge in [0.15, 0.2) is 5.13 Å². The van der Waals surface area contributed by atoms with E-state index in [2.05, 4.69) is 14.8 Å². The Morgan fingerprint density at radius 1 is 1.17 bits per heavy atom. The molecule has 0 atom stereocenters. The van der Waals surface area contributed by atoms with Gasteiger partial charge in [0.05, 0.1) is 21.6 Å². The van der Waals surface area contributed by atoms with Crippen LogP contribution >= 0.6 is 11.3 Å². The molecule has 6 nitrogen and oxygen atoms in total. The number of nitrogens with one attached hydrogen (secondary N) is 1. The highest BCUT2D eigenvalue weighted by Crippen LogP contribution is 2.31. The van der Waals surface area contributed by atoms with Crippen molar-refractivity contribution < 1.29 is 8.42 Å². The lowest BCUT2D eigenvalue weighted by Gasteiger charge is -2.05. The van der Waals surface area contributed by atoms with Gasteiger partial charge < -0.3 is 0 Å². The molecule has 2 aromatic heterocycles. The number of aryl methyl sites for hydroxylation is 4. The van der Waals surface area contributed by atoms with Crippen LogP contribution in [0.3, 0.4) is 0 Å². The molecule has 0 saturated heterocycles. The zero-order valence-electron chi connectivity index (χ0n) is 13.6. The van der Waals surface area contributed by atoms with Gasteiger partial charge in [-0.25, -0.2) is 13.4 Å². The molecule has 0 aliphatic carbocycles. The van der Waals surface area contributed by atoms with Gasteiger partial charge in [-0.05, 0) is 44.9 Å². The number of fused-ring (bicyclic) bond motifs is 1. The van der Waals surface area contributed by atoms with Crippen LogP contribution in [-0.4, -0.2) is 23.2 Å². The number of anilines is 1. The van der Waals surface area contributed by atoms with Gasteiger partial charge in [-0.1, -0.05) is 17.4 Å². The van der Waals surface area contributed by atoms with E-state index < -0.39 is 10.0 Å². The fourth-order valence-corrected chi connectivity index (χ4v) is 5.44.